The maximum atomic E-state index is 14.2. The summed E-state index contributed by atoms with van der Waals surface area (Å²) in [5.74, 6) is -2.57. The predicted octanol–water partition coefficient (Wildman–Crippen LogP) is 4.74. The molecule has 0 saturated heterocycles. The number of ketones is 4. The van der Waals surface area contributed by atoms with Crippen molar-refractivity contribution in [3.8, 4) is 0 Å². The van der Waals surface area contributed by atoms with Gasteiger partial charge in [-0.25, -0.2) is 0 Å². The molecule has 7 nitrogen and oxygen atoms in total. The van der Waals surface area contributed by atoms with Gasteiger partial charge in [0, 0.05) is 37.0 Å². The number of hydrogen-bond donors (Lipinski definition) is 1. The molecule has 0 aromatic rings. The topological polar surface area (TPSA) is 115 Å². The Morgan fingerprint density at radius 3 is 2.26 bits per heavy atom. The quantitative estimate of drug-likeness (QED) is 0.232. The van der Waals surface area contributed by atoms with Crippen molar-refractivity contribution in [2.45, 2.75) is 106 Å². The number of ether oxygens (including phenoxy) is 1. The largest absolute Gasteiger partial charge is 0.456 e. The van der Waals surface area contributed by atoms with Crippen molar-refractivity contribution in [3.05, 3.63) is 23.8 Å². The molecular weight excluding hydrogens is 496 g/mol. The van der Waals surface area contributed by atoms with Crippen LogP contribution in [0.4, 0.5) is 0 Å². The first-order valence-corrected chi connectivity index (χ1v) is 14.1. The third-order valence-corrected chi connectivity index (χ3v) is 11.5. The molecule has 4 aliphatic carbocycles. The molecule has 214 valence electrons. The fraction of sp³-hybridized carbons (Fsp3) is 0.719. The molecular formula is C32H44O7. The number of esters is 1. The van der Waals surface area contributed by atoms with Gasteiger partial charge in [-0.05, 0) is 82.8 Å². The Morgan fingerprint density at radius 2 is 1.67 bits per heavy atom. The molecule has 4 rings (SSSR count). The van der Waals surface area contributed by atoms with Gasteiger partial charge in [0.2, 0.25) is 5.78 Å². The molecule has 39 heavy (non-hydrogen) atoms. The van der Waals surface area contributed by atoms with E-state index in [0.717, 1.165) is 12.0 Å². The van der Waals surface area contributed by atoms with Crippen LogP contribution in [-0.2, 0) is 28.7 Å². The van der Waals surface area contributed by atoms with Crippen LogP contribution in [0.25, 0.3) is 0 Å². The van der Waals surface area contributed by atoms with Crippen molar-refractivity contribution < 1.29 is 33.8 Å². The molecule has 7 heteroatoms. The minimum absolute atomic E-state index is 0.0442. The highest BCUT2D eigenvalue weighted by molar-refractivity contribution is 6.40. The lowest BCUT2D eigenvalue weighted by molar-refractivity contribution is -0.180. The van der Waals surface area contributed by atoms with Crippen LogP contribution in [0.3, 0.4) is 0 Å². The van der Waals surface area contributed by atoms with E-state index in [-0.39, 0.29) is 41.7 Å². The van der Waals surface area contributed by atoms with Crippen LogP contribution in [0.2, 0.25) is 0 Å². The van der Waals surface area contributed by atoms with E-state index in [0.29, 0.717) is 12.8 Å². The second-order valence-electron chi connectivity index (χ2n) is 14.4. The second kappa shape index (κ2) is 8.79. The van der Waals surface area contributed by atoms with Gasteiger partial charge in [0.15, 0.2) is 11.6 Å². The average molecular weight is 541 g/mol. The number of allylic oxidation sites excluding steroid dienone is 2. The van der Waals surface area contributed by atoms with Crippen molar-refractivity contribution in [3.63, 3.8) is 0 Å². The summed E-state index contributed by atoms with van der Waals surface area (Å²) < 4.78 is 5.25. The summed E-state index contributed by atoms with van der Waals surface area (Å²) in [4.78, 5) is 64.7. The molecule has 0 spiro atoms. The van der Waals surface area contributed by atoms with Crippen LogP contribution in [0.15, 0.2) is 23.8 Å². The van der Waals surface area contributed by atoms with Crippen LogP contribution >= 0.6 is 0 Å². The highest BCUT2D eigenvalue weighted by Gasteiger charge is 2.72. The van der Waals surface area contributed by atoms with Crippen molar-refractivity contribution in [1.29, 1.82) is 0 Å². The average Bonchev–Trinajstić information content (AvgIpc) is 3.07. The monoisotopic (exact) mass is 540 g/mol. The van der Waals surface area contributed by atoms with Gasteiger partial charge in [-0.1, -0.05) is 32.4 Å². The summed E-state index contributed by atoms with van der Waals surface area (Å²) in [7, 11) is 0. The van der Waals surface area contributed by atoms with E-state index in [1.807, 2.05) is 13.8 Å². The van der Waals surface area contributed by atoms with Crippen LogP contribution < -0.4 is 0 Å². The van der Waals surface area contributed by atoms with Crippen molar-refractivity contribution >= 4 is 29.1 Å². The molecule has 0 bridgehead atoms. The lowest BCUT2D eigenvalue weighted by Gasteiger charge is -2.64. The molecule has 0 aromatic carbocycles. The summed E-state index contributed by atoms with van der Waals surface area (Å²) in [6.45, 7) is 15.9. The number of hydrogen-bond acceptors (Lipinski definition) is 7. The Kier molecular flexibility index (Phi) is 6.67. The molecule has 0 aliphatic heterocycles. The molecule has 0 heterocycles. The number of Topliss-reactive ketones (excluding diaryl/α,β-unsaturated/α-hetero) is 3. The zero-order valence-electron chi connectivity index (χ0n) is 24.9. The summed E-state index contributed by atoms with van der Waals surface area (Å²) >= 11 is 0. The lowest BCUT2D eigenvalue weighted by Crippen LogP contribution is -2.65. The van der Waals surface area contributed by atoms with Crippen molar-refractivity contribution in [2.75, 3.05) is 0 Å². The first kappa shape index (κ1) is 29.6. The van der Waals surface area contributed by atoms with Gasteiger partial charge >= 0.3 is 5.97 Å². The maximum absolute atomic E-state index is 14.2. The third kappa shape index (κ3) is 4.05. The molecule has 0 amide bonds. The SMILES string of the molecule is CC(=O)OC(C)(C)C=CC(=O)C(C)(O)C1CCC2(C)C3CC=C4C(CC(=O)C(=O)C4(C)C)C3(C)C(=O)CC12C. The van der Waals surface area contributed by atoms with E-state index < -0.39 is 50.9 Å². The first-order valence-electron chi connectivity index (χ1n) is 14.1. The Labute approximate surface area is 231 Å². The van der Waals surface area contributed by atoms with Crippen molar-refractivity contribution in [1.82, 2.24) is 0 Å². The second-order valence-corrected chi connectivity index (χ2v) is 14.4. The Morgan fingerprint density at radius 1 is 1.05 bits per heavy atom. The summed E-state index contributed by atoms with van der Waals surface area (Å²) in [5, 5.41) is 11.7. The Hall–Kier alpha value is -2.41. The van der Waals surface area contributed by atoms with E-state index in [1.54, 1.807) is 27.7 Å². The fourth-order valence-electron chi connectivity index (χ4n) is 9.07. The van der Waals surface area contributed by atoms with Gasteiger partial charge in [-0.15, -0.1) is 0 Å². The third-order valence-electron chi connectivity index (χ3n) is 11.5. The van der Waals surface area contributed by atoms with Gasteiger partial charge in [-0.2, -0.15) is 0 Å². The molecule has 3 fully saturated rings. The molecule has 3 saturated carbocycles. The number of rotatable bonds is 5. The molecule has 0 aromatic heterocycles. The molecule has 4 aliphatic rings. The number of aliphatic hydroxyl groups is 1. The van der Waals surface area contributed by atoms with Crippen LogP contribution in [-0.4, -0.2) is 45.4 Å². The zero-order chi connectivity index (χ0) is 29.6. The van der Waals surface area contributed by atoms with E-state index in [1.165, 1.54) is 26.0 Å². The van der Waals surface area contributed by atoms with Gasteiger partial charge < -0.3 is 9.84 Å². The van der Waals surface area contributed by atoms with E-state index >= 15 is 0 Å². The van der Waals surface area contributed by atoms with Crippen LogP contribution in [0.1, 0.15) is 94.4 Å². The van der Waals surface area contributed by atoms with Crippen LogP contribution in [0, 0.1) is 39.4 Å². The predicted molar refractivity (Wildman–Crippen MR) is 145 cm³/mol. The van der Waals surface area contributed by atoms with Gasteiger partial charge in [0.05, 0.1) is 5.41 Å². The molecule has 7 atom stereocenters. The minimum atomic E-state index is -1.73. The van der Waals surface area contributed by atoms with Crippen molar-refractivity contribution in [2.24, 2.45) is 39.4 Å². The lowest BCUT2D eigenvalue weighted by atomic mass is 9.38. The van der Waals surface area contributed by atoms with Gasteiger partial charge in [0.1, 0.15) is 17.0 Å². The molecule has 7 unspecified atom stereocenters. The highest BCUT2D eigenvalue weighted by atomic mass is 16.6. The van der Waals surface area contributed by atoms with E-state index in [4.69, 9.17) is 4.74 Å². The van der Waals surface area contributed by atoms with Gasteiger partial charge in [-0.3, -0.25) is 24.0 Å². The van der Waals surface area contributed by atoms with Gasteiger partial charge in [0.25, 0.3) is 0 Å². The highest BCUT2D eigenvalue weighted by Crippen LogP contribution is 2.73. The fourth-order valence-corrected chi connectivity index (χ4v) is 9.07. The Balaban J connectivity index is 1.71. The minimum Gasteiger partial charge on any atom is -0.456 e. The molecule has 1 N–H and O–H groups in total. The number of carbonyl (C=O) groups is 5. The standard InChI is InChI=1S/C32H44O7/c1-18(33)39-27(2,3)14-13-24(35)32(9,38)23-12-15-29(6)22-11-10-19-20(16-21(34)26(37)28(19,4)5)31(22,8)25(36)17-30(23,29)7/h10,13-14,20,22-23,38H,11-12,15-17H2,1-9H3. The zero-order valence-corrected chi connectivity index (χ0v) is 24.9. The maximum Gasteiger partial charge on any atom is 0.303 e. The summed E-state index contributed by atoms with van der Waals surface area (Å²) in [6.07, 6.45) is 7.06. The number of fused-ring (bicyclic) bond motifs is 5. The Bertz CT molecular complexity index is 1220. The van der Waals surface area contributed by atoms with E-state index in [2.05, 4.69) is 13.0 Å². The smallest absolute Gasteiger partial charge is 0.303 e. The summed E-state index contributed by atoms with van der Waals surface area (Å²) in [5.41, 5.74) is -4.57. The summed E-state index contributed by atoms with van der Waals surface area (Å²) in [6, 6.07) is 0. The van der Waals surface area contributed by atoms with Crippen LogP contribution in [0.5, 0.6) is 0 Å². The van der Waals surface area contributed by atoms with E-state index in [9.17, 15) is 29.1 Å². The normalized spacial score (nSPS) is 39.4. The number of carbonyl (C=O) groups excluding carboxylic acids is 5. The first-order chi connectivity index (χ1) is 17.7. The molecule has 0 radical (unpaired) electrons.